The van der Waals surface area contributed by atoms with E-state index in [9.17, 15) is 9.18 Å². The number of benzene rings is 1. The van der Waals surface area contributed by atoms with Crippen molar-refractivity contribution < 1.29 is 14.3 Å². The summed E-state index contributed by atoms with van der Waals surface area (Å²) in [6.45, 7) is 0.911. The van der Waals surface area contributed by atoms with Gasteiger partial charge in [-0.1, -0.05) is 17.7 Å². The maximum absolute atomic E-state index is 13.8. The van der Waals surface area contributed by atoms with Crippen LogP contribution < -0.4 is 0 Å². The van der Waals surface area contributed by atoms with Crippen LogP contribution in [0.1, 0.15) is 11.6 Å². The molecule has 108 valence electrons. The van der Waals surface area contributed by atoms with Crippen LogP contribution in [-0.2, 0) is 0 Å². The maximum atomic E-state index is 13.8. The maximum Gasteiger partial charge on any atom is 0.407 e. The highest BCUT2D eigenvalue weighted by Crippen LogP contribution is 2.29. The summed E-state index contributed by atoms with van der Waals surface area (Å²) in [6.07, 6.45) is 0.691. The molecular weight excluding hydrogens is 295 g/mol. The highest BCUT2D eigenvalue weighted by molar-refractivity contribution is 6.30. The zero-order valence-electron chi connectivity index (χ0n) is 11.0. The molecular formula is C15H12ClFN2O2. The Balaban J connectivity index is 1.77. The molecule has 0 spiro atoms. The van der Waals surface area contributed by atoms with Gasteiger partial charge in [-0.2, -0.15) is 0 Å². The molecule has 3 rings (SSSR count). The van der Waals surface area contributed by atoms with Crippen LogP contribution in [-0.4, -0.2) is 34.2 Å². The summed E-state index contributed by atoms with van der Waals surface area (Å²) in [5, 5.41) is 9.15. The summed E-state index contributed by atoms with van der Waals surface area (Å²) < 4.78 is 13.8. The normalized spacial score (nSPS) is 14.9. The Morgan fingerprint density at radius 3 is 2.67 bits per heavy atom. The standard InChI is InChI=1S/C15H12ClFN2O2/c16-11-2-3-12(13(17)5-11)9-1-4-14(18-6-9)10-7-19(8-10)15(20)21/h1-6,10H,7-8H2,(H,20,21). The first kappa shape index (κ1) is 13.8. The fourth-order valence-electron chi connectivity index (χ4n) is 2.35. The summed E-state index contributed by atoms with van der Waals surface area (Å²) in [5.74, 6) is -0.275. The first-order valence-corrected chi connectivity index (χ1v) is 6.81. The Hall–Kier alpha value is -2.14. The molecule has 1 saturated heterocycles. The summed E-state index contributed by atoms with van der Waals surface area (Å²) in [6, 6.07) is 8.11. The molecule has 0 radical (unpaired) electrons. The van der Waals surface area contributed by atoms with Crippen LogP contribution in [0.2, 0.25) is 5.02 Å². The average molecular weight is 307 g/mol. The number of carboxylic acid groups (broad SMARTS) is 1. The highest BCUT2D eigenvalue weighted by atomic mass is 35.5. The number of likely N-dealkylation sites (tertiary alicyclic amines) is 1. The van der Waals surface area contributed by atoms with Gasteiger partial charge in [0.25, 0.3) is 0 Å². The quantitative estimate of drug-likeness (QED) is 0.922. The van der Waals surface area contributed by atoms with Gasteiger partial charge in [-0.05, 0) is 24.3 Å². The predicted octanol–water partition coefficient (Wildman–Crippen LogP) is 3.62. The van der Waals surface area contributed by atoms with Gasteiger partial charge in [0.1, 0.15) is 5.82 Å². The third-order valence-electron chi connectivity index (χ3n) is 3.60. The van der Waals surface area contributed by atoms with E-state index >= 15 is 0 Å². The van der Waals surface area contributed by atoms with E-state index in [2.05, 4.69) is 4.98 Å². The van der Waals surface area contributed by atoms with Crippen LogP contribution in [0.25, 0.3) is 11.1 Å². The molecule has 6 heteroatoms. The second kappa shape index (κ2) is 5.33. The van der Waals surface area contributed by atoms with Gasteiger partial charge in [-0.25, -0.2) is 9.18 Å². The Bertz CT molecular complexity index is 685. The first-order valence-electron chi connectivity index (χ1n) is 6.44. The third-order valence-corrected chi connectivity index (χ3v) is 3.83. The zero-order chi connectivity index (χ0) is 15.0. The number of carbonyl (C=O) groups is 1. The van der Waals surface area contributed by atoms with E-state index in [0.29, 0.717) is 29.2 Å². The van der Waals surface area contributed by atoms with Crippen molar-refractivity contribution in [3.63, 3.8) is 0 Å². The van der Waals surface area contributed by atoms with E-state index in [4.69, 9.17) is 16.7 Å². The van der Waals surface area contributed by atoms with Crippen molar-refractivity contribution in [3.05, 3.63) is 53.1 Å². The monoisotopic (exact) mass is 306 g/mol. The number of halogens is 2. The molecule has 0 aliphatic carbocycles. The van der Waals surface area contributed by atoms with E-state index in [0.717, 1.165) is 5.69 Å². The molecule has 1 aromatic heterocycles. The van der Waals surface area contributed by atoms with Crippen LogP contribution in [0, 0.1) is 5.82 Å². The number of rotatable bonds is 2. The zero-order valence-corrected chi connectivity index (χ0v) is 11.7. The van der Waals surface area contributed by atoms with Crippen molar-refractivity contribution >= 4 is 17.7 Å². The van der Waals surface area contributed by atoms with E-state index in [1.807, 2.05) is 6.07 Å². The molecule has 0 atom stereocenters. The smallest absolute Gasteiger partial charge is 0.407 e. The van der Waals surface area contributed by atoms with Crippen molar-refractivity contribution in [2.45, 2.75) is 5.92 Å². The van der Waals surface area contributed by atoms with E-state index in [1.54, 1.807) is 24.4 Å². The van der Waals surface area contributed by atoms with Crippen molar-refractivity contribution in [3.8, 4) is 11.1 Å². The number of hydrogen-bond acceptors (Lipinski definition) is 2. The summed E-state index contributed by atoms with van der Waals surface area (Å²) in [4.78, 5) is 16.4. The lowest BCUT2D eigenvalue weighted by Crippen LogP contribution is -2.48. The topological polar surface area (TPSA) is 53.4 Å². The minimum absolute atomic E-state index is 0.116. The SMILES string of the molecule is O=C(O)N1CC(c2ccc(-c3ccc(Cl)cc3F)cn2)C1. The first-order chi connectivity index (χ1) is 10.0. The van der Waals surface area contributed by atoms with Gasteiger partial charge in [0, 0.05) is 47.0 Å². The Morgan fingerprint density at radius 1 is 1.33 bits per heavy atom. The summed E-state index contributed by atoms with van der Waals surface area (Å²) in [7, 11) is 0. The molecule has 1 aliphatic heterocycles. The average Bonchev–Trinajstić information content (AvgIpc) is 2.38. The molecule has 1 fully saturated rings. The highest BCUT2D eigenvalue weighted by Gasteiger charge is 2.32. The van der Waals surface area contributed by atoms with E-state index in [1.165, 1.54) is 11.0 Å². The van der Waals surface area contributed by atoms with Crippen LogP contribution in [0.3, 0.4) is 0 Å². The fourth-order valence-corrected chi connectivity index (χ4v) is 2.51. The van der Waals surface area contributed by atoms with Gasteiger partial charge in [-0.15, -0.1) is 0 Å². The number of aromatic nitrogens is 1. The molecule has 1 N–H and O–H groups in total. The number of hydrogen-bond donors (Lipinski definition) is 1. The van der Waals surface area contributed by atoms with Crippen molar-refractivity contribution in [2.75, 3.05) is 13.1 Å². The summed E-state index contributed by atoms with van der Waals surface area (Å²) >= 11 is 5.73. The van der Waals surface area contributed by atoms with E-state index < -0.39 is 11.9 Å². The third kappa shape index (κ3) is 2.69. The van der Waals surface area contributed by atoms with Gasteiger partial charge >= 0.3 is 6.09 Å². The Morgan fingerprint density at radius 2 is 2.10 bits per heavy atom. The lowest BCUT2D eigenvalue weighted by Gasteiger charge is -2.36. The lowest BCUT2D eigenvalue weighted by atomic mass is 9.95. The van der Waals surface area contributed by atoms with Gasteiger partial charge in [-0.3, -0.25) is 4.98 Å². The molecule has 0 saturated carbocycles. The second-order valence-corrected chi connectivity index (χ2v) is 5.42. The summed E-state index contributed by atoms with van der Waals surface area (Å²) in [5.41, 5.74) is 1.94. The van der Waals surface area contributed by atoms with Crippen molar-refractivity contribution in [2.24, 2.45) is 0 Å². The molecule has 1 amide bonds. The molecule has 0 bridgehead atoms. The lowest BCUT2D eigenvalue weighted by molar-refractivity contribution is 0.104. The second-order valence-electron chi connectivity index (χ2n) is 4.98. The molecule has 2 heterocycles. The van der Waals surface area contributed by atoms with Crippen molar-refractivity contribution in [1.82, 2.24) is 9.88 Å². The molecule has 1 aliphatic rings. The van der Waals surface area contributed by atoms with Crippen molar-refractivity contribution in [1.29, 1.82) is 0 Å². The number of amides is 1. The molecule has 21 heavy (non-hydrogen) atoms. The number of pyridine rings is 1. The van der Waals surface area contributed by atoms with Gasteiger partial charge < -0.3 is 10.0 Å². The van der Waals surface area contributed by atoms with E-state index in [-0.39, 0.29) is 5.92 Å². The molecule has 2 aromatic rings. The minimum atomic E-state index is -0.911. The Labute approximate surface area is 125 Å². The van der Waals surface area contributed by atoms with Gasteiger partial charge in [0.05, 0.1) is 0 Å². The predicted molar refractivity (Wildman–Crippen MR) is 77.0 cm³/mol. The van der Waals surface area contributed by atoms with Gasteiger partial charge in [0.15, 0.2) is 0 Å². The minimum Gasteiger partial charge on any atom is -0.465 e. The van der Waals surface area contributed by atoms with Crippen LogP contribution in [0.4, 0.5) is 9.18 Å². The molecule has 0 unspecified atom stereocenters. The van der Waals surface area contributed by atoms with Crippen LogP contribution >= 0.6 is 11.6 Å². The van der Waals surface area contributed by atoms with Crippen LogP contribution in [0.5, 0.6) is 0 Å². The van der Waals surface area contributed by atoms with Gasteiger partial charge in [0.2, 0.25) is 0 Å². The molecule has 4 nitrogen and oxygen atoms in total. The fraction of sp³-hybridized carbons (Fsp3) is 0.200. The van der Waals surface area contributed by atoms with Crippen LogP contribution in [0.15, 0.2) is 36.5 Å². The number of nitrogens with zero attached hydrogens (tertiary/aromatic N) is 2. The Kier molecular flexibility index (Phi) is 3.51. The molecule has 1 aromatic carbocycles. The largest absolute Gasteiger partial charge is 0.465 e.